The summed E-state index contributed by atoms with van der Waals surface area (Å²) in [4.78, 5) is 11.5. The van der Waals surface area contributed by atoms with Gasteiger partial charge < -0.3 is 9.84 Å². The van der Waals surface area contributed by atoms with E-state index in [9.17, 15) is 9.90 Å². The number of carbonyl (C=O) groups is 1. The fraction of sp³-hybridized carbons (Fsp3) is 0.900. The molecule has 2 fully saturated rings. The standard InChI is InChI=1S/C10H16O3/c1-13-9(12)10(4-5-10)7-2-3-8(11)6-7/h7-8,11H,2-6H2,1H3/t7-,8+/m1/s1. The first-order valence-corrected chi connectivity index (χ1v) is 4.95. The molecule has 13 heavy (non-hydrogen) atoms. The molecule has 0 aromatic heterocycles. The number of aliphatic hydroxyl groups excluding tert-OH is 1. The second kappa shape index (κ2) is 2.98. The number of methoxy groups -OCH3 is 1. The zero-order valence-corrected chi connectivity index (χ0v) is 7.95. The fourth-order valence-electron chi connectivity index (χ4n) is 2.58. The maximum absolute atomic E-state index is 11.5. The van der Waals surface area contributed by atoms with Gasteiger partial charge in [0.2, 0.25) is 0 Å². The molecule has 2 atom stereocenters. The molecule has 0 saturated heterocycles. The Morgan fingerprint density at radius 1 is 1.46 bits per heavy atom. The molecule has 1 N–H and O–H groups in total. The topological polar surface area (TPSA) is 46.5 Å². The van der Waals surface area contributed by atoms with E-state index in [4.69, 9.17) is 4.74 Å². The van der Waals surface area contributed by atoms with Gasteiger partial charge in [-0.05, 0) is 38.0 Å². The van der Waals surface area contributed by atoms with E-state index in [2.05, 4.69) is 0 Å². The Hall–Kier alpha value is -0.570. The van der Waals surface area contributed by atoms with Gasteiger partial charge >= 0.3 is 5.97 Å². The van der Waals surface area contributed by atoms with E-state index >= 15 is 0 Å². The summed E-state index contributed by atoms with van der Waals surface area (Å²) in [5.74, 6) is 0.307. The van der Waals surface area contributed by atoms with Crippen LogP contribution in [0, 0.1) is 11.3 Å². The highest BCUT2D eigenvalue weighted by Crippen LogP contribution is 2.57. The largest absolute Gasteiger partial charge is 0.469 e. The van der Waals surface area contributed by atoms with E-state index in [1.807, 2.05) is 0 Å². The Morgan fingerprint density at radius 2 is 2.15 bits per heavy atom. The number of carbonyl (C=O) groups excluding carboxylic acids is 1. The van der Waals surface area contributed by atoms with Crippen LogP contribution in [0.25, 0.3) is 0 Å². The van der Waals surface area contributed by atoms with Crippen LogP contribution in [0.3, 0.4) is 0 Å². The molecule has 0 aromatic rings. The van der Waals surface area contributed by atoms with Crippen molar-refractivity contribution in [2.24, 2.45) is 11.3 Å². The fourth-order valence-corrected chi connectivity index (χ4v) is 2.58. The molecular formula is C10H16O3. The first-order chi connectivity index (χ1) is 6.19. The van der Waals surface area contributed by atoms with E-state index < -0.39 is 0 Å². The number of ether oxygens (including phenoxy) is 1. The van der Waals surface area contributed by atoms with Gasteiger partial charge in [0.25, 0.3) is 0 Å². The molecule has 3 nitrogen and oxygen atoms in total. The minimum atomic E-state index is -0.202. The van der Waals surface area contributed by atoms with Crippen LogP contribution in [-0.2, 0) is 9.53 Å². The van der Waals surface area contributed by atoms with Gasteiger partial charge in [-0.3, -0.25) is 4.79 Å². The maximum Gasteiger partial charge on any atom is 0.312 e. The van der Waals surface area contributed by atoms with Crippen molar-refractivity contribution in [1.29, 1.82) is 0 Å². The van der Waals surface area contributed by atoms with Gasteiger partial charge in [0.15, 0.2) is 0 Å². The van der Waals surface area contributed by atoms with Crippen molar-refractivity contribution in [3.8, 4) is 0 Å². The number of hydrogen-bond acceptors (Lipinski definition) is 3. The third-order valence-corrected chi connectivity index (χ3v) is 3.57. The zero-order chi connectivity index (χ0) is 9.47. The normalized spacial score (nSPS) is 35.8. The zero-order valence-electron chi connectivity index (χ0n) is 7.95. The molecule has 0 unspecified atom stereocenters. The van der Waals surface area contributed by atoms with Crippen molar-refractivity contribution in [1.82, 2.24) is 0 Å². The van der Waals surface area contributed by atoms with Crippen LogP contribution in [0.2, 0.25) is 0 Å². The van der Waals surface area contributed by atoms with Crippen molar-refractivity contribution in [2.45, 2.75) is 38.2 Å². The minimum absolute atomic E-state index is 0.0633. The Bertz CT molecular complexity index is 220. The van der Waals surface area contributed by atoms with Gasteiger partial charge in [-0.15, -0.1) is 0 Å². The van der Waals surface area contributed by atoms with Gasteiger partial charge in [-0.2, -0.15) is 0 Å². The molecule has 0 radical (unpaired) electrons. The van der Waals surface area contributed by atoms with Crippen LogP contribution in [0.4, 0.5) is 0 Å². The summed E-state index contributed by atoms with van der Waals surface area (Å²) in [6.45, 7) is 0. The quantitative estimate of drug-likeness (QED) is 0.654. The van der Waals surface area contributed by atoms with E-state index in [0.717, 1.165) is 32.1 Å². The van der Waals surface area contributed by atoms with Crippen LogP contribution in [0.5, 0.6) is 0 Å². The molecule has 0 amide bonds. The average Bonchev–Trinajstić information content (AvgIpc) is 2.83. The molecule has 2 aliphatic rings. The first kappa shape index (κ1) is 9.00. The summed E-state index contributed by atoms with van der Waals surface area (Å²) >= 11 is 0. The van der Waals surface area contributed by atoms with Crippen LogP contribution in [0.1, 0.15) is 32.1 Å². The maximum atomic E-state index is 11.5. The Balaban J connectivity index is 2.03. The molecule has 3 heteroatoms. The molecule has 2 aliphatic carbocycles. The van der Waals surface area contributed by atoms with E-state index in [0.29, 0.717) is 5.92 Å². The average molecular weight is 184 g/mol. The molecule has 2 rings (SSSR count). The van der Waals surface area contributed by atoms with Gasteiger partial charge in [0.05, 0.1) is 18.6 Å². The molecule has 0 heterocycles. The molecule has 0 bridgehead atoms. The van der Waals surface area contributed by atoms with Crippen LogP contribution >= 0.6 is 0 Å². The van der Waals surface area contributed by atoms with Crippen molar-refractivity contribution in [2.75, 3.05) is 7.11 Å². The lowest BCUT2D eigenvalue weighted by molar-refractivity contribution is -0.149. The van der Waals surface area contributed by atoms with Crippen LogP contribution in [0.15, 0.2) is 0 Å². The van der Waals surface area contributed by atoms with Crippen LogP contribution < -0.4 is 0 Å². The highest BCUT2D eigenvalue weighted by atomic mass is 16.5. The summed E-state index contributed by atoms with van der Waals surface area (Å²) in [6.07, 6.45) is 4.34. The molecule has 74 valence electrons. The van der Waals surface area contributed by atoms with E-state index in [1.54, 1.807) is 0 Å². The minimum Gasteiger partial charge on any atom is -0.469 e. The monoisotopic (exact) mass is 184 g/mol. The van der Waals surface area contributed by atoms with Crippen molar-refractivity contribution in [3.63, 3.8) is 0 Å². The first-order valence-electron chi connectivity index (χ1n) is 4.95. The lowest BCUT2D eigenvalue weighted by Crippen LogP contribution is -2.25. The van der Waals surface area contributed by atoms with E-state index in [1.165, 1.54) is 7.11 Å². The molecule has 0 spiro atoms. The van der Waals surface area contributed by atoms with Gasteiger partial charge in [0, 0.05) is 0 Å². The molecular weight excluding hydrogens is 168 g/mol. The van der Waals surface area contributed by atoms with Crippen molar-refractivity contribution >= 4 is 5.97 Å². The third kappa shape index (κ3) is 1.35. The smallest absolute Gasteiger partial charge is 0.312 e. The summed E-state index contributed by atoms with van der Waals surface area (Å²) in [5, 5.41) is 9.39. The molecule has 0 aromatic carbocycles. The summed E-state index contributed by atoms with van der Waals surface area (Å²) < 4.78 is 4.80. The molecule has 0 aliphatic heterocycles. The number of esters is 1. The third-order valence-electron chi connectivity index (χ3n) is 3.57. The number of hydrogen-bond donors (Lipinski definition) is 1. The summed E-state index contributed by atoms with van der Waals surface area (Å²) in [7, 11) is 1.45. The highest BCUT2D eigenvalue weighted by Gasteiger charge is 2.57. The summed E-state index contributed by atoms with van der Waals surface area (Å²) in [6, 6.07) is 0. The van der Waals surface area contributed by atoms with Crippen molar-refractivity contribution in [3.05, 3.63) is 0 Å². The van der Waals surface area contributed by atoms with E-state index in [-0.39, 0.29) is 17.5 Å². The SMILES string of the molecule is COC(=O)C1([C@@H]2CC[C@H](O)C2)CC1. The van der Waals surface area contributed by atoms with Gasteiger partial charge in [-0.25, -0.2) is 0 Å². The lowest BCUT2D eigenvalue weighted by Gasteiger charge is -2.19. The summed E-state index contributed by atoms with van der Waals surface area (Å²) in [5.41, 5.74) is -0.202. The Kier molecular flexibility index (Phi) is 2.06. The number of rotatable bonds is 2. The second-order valence-corrected chi connectivity index (χ2v) is 4.31. The van der Waals surface area contributed by atoms with Crippen LogP contribution in [-0.4, -0.2) is 24.3 Å². The van der Waals surface area contributed by atoms with Crippen molar-refractivity contribution < 1.29 is 14.6 Å². The Morgan fingerprint density at radius 3 is 2.54 bits per heavy atom. The molecule has 2 saturated carbocycles. The van der Waals surface area contributed by atoms with Gasteiger partial charge in [-0.1, -0.05) is 0 Å². The predicted octanol–water partition coefficient (Wildman–Crippen LogP) is 1.10. The predicted molar refractivity (Wildman–Crippen MR) is 47.0 cm³/mol. The second-order valence-electron chi connectivity index (χ2n) is 4.31. The Labute approximate surface area is 78.1 Å². The number of aliphatic hydroxyl groups is 1. The lowest BCUT2D eigenvalue weighted by atomic mass is 9.87. The highest BCUT2D eigenvalue weighted by molar-refractivity contribution is 5.80. The van der Waals surface area contributed by atoms with Gasteiger partial charge in [0.1, 0.15) is 0 Å².